The van der Waals surface area contributed by atoms with Gasteiger partial charge in [0.2, 0.25) is 15.0 Å². The standard InChI is InChI=1S/C11H14N4O2S/c1-15-10(7-12)13-14-11(15)18(16,17)8-9-5-3-2-4-6-9/h2-6H,7-8,12H2,1H3. The van der Waals surface area contributed by atoms with Gasteiger partial charge in [0, 0.05) is 7.05 Å². The third-order valence-electron chi connectivity index (χ3n) is 2.59. The Kier molecular flexibility index (Phi) is 3.44. The summed E-state index contributed by atoms with van der Waals surface area (Å²) in [6.45, 7) is 0.157. The van der Waals surface area contributed by atoms with Gasteiger partial charge in [-0.2, -0.15) is 0 Å². The fraction of sp³-hybridized carbons (Fsp3) is 0.273. The summed E-state index contributed by atoms with van der Waals surface area (Å²) in [5.74, 6) is 0.353. The van der Waals surface area contributed by atoms with Gasteiger partial charge < -0.3 is 10.3 Å². The second-order valence-electron chi connectivity index (χ2n) is 3.91. The summed E-state index contributed by atoms with van der Waals surface area (Å²) in [5, 5.41) is 7.40. The van der Waals surface area contributed by atoms with Crippen molar-refractivity contribution in [3.05, 3.63) is 41.7 Å². The molecule has 0 saturated carbocycles. The first-order valence-corrected chi connectivity index (χ1v) is 7.05. The van der Waals surface area contributed by atoms with Crippen LogP contribution >= 0.6 is 0 Å². The van der Waals surface area contributed by atoms with Crippen LogP contribution < -0.4 is 5.73 Å². The molecular formula is C11H14N4O2S. The van der Waals surface area contributed by atoms with E-state index in [1.807, 2.05) is 6.07 Å². The van der Waals surface area contributed by atoms with E-state index in [2.05, 4.69) is 10.2 Å². The molecule has 1 aromatic heterocycles. The lowest BCUT2D eigenvalue weighted by Crippen LogP contribution is -2.13. The smallest absolute Gasteiger partial charge is 0.249 e. The average molecular weight is 266 g/mol. The molecule has 96 valence electrons. The molecule has 18 heavy (non-hydrogen) atoms. The maximum Gasteiger partial charge on any atom is 0.249 e. The summed E-state index contributed by atoms with van der Waals surface area (Å²) < 4.78 is 25.8. The van der Waals surface area contributed by atoms with E-state index in [0.29, 0.717) is 5.82 Å². The van der Waals surface area contributed by atoms with Crippen LogP contribution in [0.2, 0.25) is 0 Å². The number of rotatable bonds is 4. The summed E-state index contributed by atoms with van der Waals surface area (Å²) in [5.41, 5.74) is 6.16. The van der Waals surface area contributed by atoms with Gasteiger partial charge in [0.15, 0.2) is 0 Å². The summed E-state index contributed by atoms with van der Waals surface area (Å²) in [4.78, 5) is 0. The van der Waals surface area contributed by atoms with Gasteiger partial charge >= 0.3 is 0 Å². The van der Waals surface area contributed by atoms with Crippen LogP contribution in [0.4, 0.5) is 0 Å². The molecule has 0 bridgehead atoms. The van der Waals surface area contributed by atoms with Crippen molar-refractivity contribution in [3.8, 4) is 0 Å². The highest BCUT2D eigenvalue weighted by Gasteiger charge is 2.22. The minimum absolute atomic E-state index is 0.0493. The van der Waals surface area contributed by atoms with E-state index < -0.39 is 9.84 Å². The van der Waals surface area contributed by atoms with Crippen LogP contribution in [-0.4, -0.2) is 23.2 Å². The van der Waals surface area contributed by atoms with Gasteiger partial charge in [0.25, 0.3) is 0 Å². The predicted octanol–water partition coefficient (Wildman–Crippen LogP) is 0.248. The highest BCUT2D eigenvalue weighted by molar-refractivity contribution is 7.90. The van der Waals surface area contributed by atoms with Crippen molar-refractivity contribution in [1.82, 2.24) is 14.8 Å². The molecule has 0 aliphatic heterocycles. The Morgan fingerprint density at radius 1 is 1.22 bits per heavy atom. The van der Waals surface area contributed by atoms with Crippen molar-refractivity contribution in [3.63, 3.8) is 0 Å². The minimum atomic E-state index is -3.50. The number of nitrogens with two attached hydrogens (primary N) is 1. The fourth-order valence-electron chi connectivity index (χ4n) is 1.65. The van der Waals surface area contributed by atoms with Crippen LogP contribution in [0.1, 0.15) is 11.4 Å². The topological polar surface area (TPSA) is 90.9 Å². The van der Waals surface area contributed by atoms with Crippen LogP contribution in [0, 0.1) is 0 Å². The highest BCUT2D eigenvalue weighted by atomic mass is 32.2. The van der Waals surface area contributed by atoms with Gasteiger partial charge in [0.1, 0.15) is 5.82 Å². The van der Waals surface area contributed by atoms with Gasteiger partial charge in [-0.25, -0.2) is 8.42 Å². The molecule has 0 fully saturated rings. The predicted molar refractivity (Wildman–Crippen MR) is 66.2 cm³/mol. The van der Waals surface area contributed by atoms with Gasteiger partial charge in [-0.3, -0.25) is 0 Å². The molecule has 0 amide bonds. The monoisotopic (exact) mass is 266 g/mol. The van der Waals surface area contributed by atoms with E-state index in [9.17, 15) is 8.42 Å². The number of aromatic nitrogens is 3. The van der Waals surface area contributed by atoms with Crippen LogP contribution in [-0.2, 0) is 29.2 Å². The molecular weight excluding hydrogens is 252 g/mol. The van der Waals surface area contributed by atoms with E-state index in [-0.39, 0.29) is 17.5 Å². The molecule has 7 heteroatoms. The Balaban J connectivity index is 2.34. The molecule has 0 aliphatic carbocycles. The first kappa shape index (κ1) is 12.7. The molecule has 6 nitrogen and oxygen atoms in total. The summed E-state index contributed by atoms with van der Waals surface area (Å²) in [6.07, 6.45) is 0. The average Bonchev–Trinajstić information content (AvgIpc) is 2.72. The zero-order valence-corrected chi connectivity index (χ0v) is 10.8. The molecule has 0 atom stereocenters. The molecule has 0 saturated heterocycles. The number of hydrogen-bond donors (Lipinski definition) is 1. The van der Waals surface area contributed by atoms with Crippen LogP contribution in [0.15, 0.2) is 35.5 Å². The van der Waals surface area contributed by atoms with Gasteiger partial charge in [-0.15, -0.1) is 10.2 Å². The number of hydrogen-bond acceptors (Lipinski definition) is 5. The summed E-state index contributed by atoms with van der Waals surface area (Å²) in [6, 6.07) is 8.96. The molecule has 0 spiro atoms. The van der Waals surface area contributed by atoms with Crippen molar-refractivity contribution in [2.75, 3.05) is 0 Å². The van der Waals surface area contributed by atoms with Gasteiger partial charge in [-0.05, 0) is 5.56 Å². The van der Waals surface area contributed by atoms with Crippen molar-refractivity contribution in [2.45, 2.75) is 17.5 Å². The SMILES string of the molecule is Cn1c(CN)nnc1S(=O)(=O)Cc1ccccc1. The zero-order valence-electron chi connectivity index (χ0n) is 9.94. The Hall–Kier alpha value is -1.73. The molecule has 0 unspecified atom stereocenters. The summed E-state index contributed by atoms with van der Waals surface area (Å²) in [7, 11) is -1.90. The van der Waals surface area contributed by atoms with Gasteiger partial charge in [-0.1, -0.05) is 30.3 Å². The van der Waals surface area contributed by atoms with E-state index >= 15 is 0 Å². The Morgan fingerprint density at radius 2 is 1.89 bits per heavy atom. The lowest BCUT2D eigenvalue weighted by atomic mass is 10.2. The molecule has 2 rings (SSSR count). The number of sulfone groups is 1. The zero-order chi connectivity index (χ0) is 13.2. The van der Waals surface area contributed by atoms with E-state index in [1.165, 1.54) is 4.57 Å². The lowest BCUT2D eigenvalue weighted by Gasteiger charge is -2.04. The minimum Gasteiger partial charge on any atom is -0.324 e. The van der Waals surface area contributed by atoms with Crippen LogP contribution in [0.5, 0.6) is 0 Å². The molecule has 0 radical (unpaired) electrons. The molecule has 2 aromatic rings. The molecule has 0 aliphatic rings. The maximum atomic E-state index is 12.2. The van der Waals surface area contributed by atoms with Crippen molar-refractivity contribution in [1.29, 1.82) is 0 Å². The van der Waals surface area contributed by atoms with E-state index in [1.54, 1.807) is 31.3 Å². The largest absolute Gasteiger partial charge is 0.324 e. The third-order valence-corrected chi connectivity index (χ3v) is 4.21. The maximum absolute atomic E-state index is 12.2. The Labute approximate surface area is 105 Å². The fourth-order valence-corrected chi connectivity index (χ4v) is 3.10. The number of nitrogens with zero attached hydrogens (tertiary/aromatic N) is 3. The quantitative estimate of drug-likeness (QED) is 0.856. The Morgan fingerprint density at radius 3 is 2.44 bits per heavy atom. The van der Waals surface area contributed by atoms with Crippen molar-refractivity contribution < 1.29 is 8.42 Å². The van der Waals surface area contributed by atoms with Gasteiger partial charge in [0.05, 0.1) is 12.3 Å². The second-order valence-corrected chi connectivity index (χ2v) is 5.79. The van der Waals surface area contributed by atoms with Crippen molar-refractivity contribution >= 4 is 9.84 Å². The van der Waals surface area contributed by atoms with E-state index in [4.69, 9.17) is 5.73 Å². The first-order chi connectivity index (χ1) is 8.54. The molecule has 1 heterocycles. The Bertz CT molecular complexity index is 634. The first-order valence-electron chi connectivity index (χ1n) is 5.39. The normalized spacial score (nSPS) is 11.7. The number of benzene rings is 1. The van der Waals surface area contributed by atoms with Crippen LogP contribution in [0.3, 0.4) is 0 Å². The molecule has 1 aromatic carbocycles. The third kappa shape index (κ3) is 2.41. The highest BCUT2D eigenvalue weighted by Crippen LogP contribution is 2.14. The van der Waals surface area contributed by atoms with Crippen molar-refractivity contribution in [2.24, 2.45) is 12.8 Å². The summed E-state index contributed by atoms with van der Waals surface area (Å²) >= 11 is 0. The van der Waals surface area contributed by atoms with Crippen LogP contribution in [0.25, 0.3) is 0 Å². The van der Waals surface area contributed by atoms with E-state index in [0.717, 1.165) is 5.56 Å². The second kappa shape index (κ2) is 4.87. The lowest BCUT2D eigenvalue weighted by molar-refractivity contribution is 0.575. The molecule has 2 N–H and O–H groups in total.